The molecule has 0 unspecified atom stereocenters. The van der Waals surface area contributed by atoms with Crippen molar-refractivity contribution >= 4 is 33.0 Å². The third-order valence-corrected chi connectivity index (χ3v) is 6.47. The molecule has 3 aromatic carbocycles. The summed E-state index contributed by atoms with van der Waals surface area (Å²) in [4.78, 5) is 10.4. The van der Waals surface area contributed by atoms with Crippen molar-refractivity contribution in [2.45, 2.75) is 11.8 Å². The number of nitro benzene ring substituents is 1. The van der Waals surface area contributed by atoms with Crippen molar-refractivity contribution in [2.75, 3.05) is 4.72 Å². The average molecular weight is 469 g/mol. The van der Waals surface area contributed by atoms with E-state index in [4.69, 9.17) is 11.6 Å². The smallest absolute Gasteiger partial charge is 0.270 e. The number of non-ortho nitro benzene ring substituents is 1. The van der Waals surface area contributed by atoms with Crippen molar-refractivity contribution in [2.24, 2.45) is 0 Å². The van der Waals surface area contributed by atoms with Crippen molar-refractivity contribution in [1.82, 2.24) is 9.78 Å². The van der Waals surface area contributed by atoms with Gasteiger partial charge in [0.1, 0.15) is 4.90 Å². The number of hydrogen-bond donors (Lipinski definition) is 1. The van der Waals surface area contributed by atoms with Gasteiger partial charge in [-0.2, -0.15) is 5.10 Å². The minimum Gasteiger partial charge on any atom is -0.278 e. The monoisotopic (exact) mass is 468 g/mol. The highest BCUT2D eigenvalue weighted by molar-refractivity contribution is 7.92. The number of aryl methyl sites for hydroxylation is 1. The van der Waals surface area contributed by atoms with Crippen LogP contribution in [0.25, 0.3) is 16.9 Å². The SMILES string of the molecule is Cc1cc(-c2ccccc2)nn1-c1ccc([N+](=O)[O-])cc1S(=O)(=O)Nc1ccccc1Cl. The molecule has 4 aromatic rings. The van der Waals surface area contributed by atoms with E-state index in [1.54, 1.807) is 19.1 Å². The standard InChI is InChI=1S/C22H17ClN4O4S/c1-15-13-20(16-7-3-2-4-8-16)24-26(15)21-12-11-17(27(28)29)14-22(21)32(30,31)25-19-10-6-5-9-18(19)23/h2-14,25H,1H3. The van der Waals surface area contributed by atoms with Crippen LogP contribution in [0.4, 0.5) is 11.4 Å². The van der Waals surface area contributed by atoms with Crippen LogP contribution in [0.15, 0.2) is 83.8 Å². The summed E-state index contributed by atoms with van der Waals surface area (Å²) < 4.78 is 30.4. The number of aromatic nitrogens is 2. The minimum atomic E-state index is -4.24. The van der Waals surface area contributed by atoms with Crippen molar-refractivity contribution in [3.63, 3.8) is 0 Å². The molecule has 0 aliphatic rings. The van der Waals surface area contributed by atoms with E-state index in [0.29, 0.717) is 11.4 Å². The second kappa shape index (κ2) is 8.45. The van der Waals surface area contributed by atoms with Crippen molar-refractivity contribution in [3.05, 3.63) is 99.7 Å². The maximum atomic E-state index is 13.3. The fourth-order valence-corrected chi connectivity index (χ4v) is 4.74. The molecule has 0 fully saturated rings. The maximum Gasteiger partial charge on any atom is 0.270 e. The molecule has 0 aliphatic heterocycles. The summed E-state index contributed by atoms with van der Waals surface area (Å²) in [6.07, 6.45) is 0. The quantitative estimate of drug-likeness (QED) is 0.308. The number of para-hydroxylation sites is 1. The molecule has 1 aromatic heterocycles. The molecule has 8 nitrogen and oxygen atoms in total. The molecule has 0 atom stereocenters. The zero-order valence-electron chi connectivity index (χ0n) is 16.8. The molecule has 0 spiro atoms. The fourth-order valence-electron chi connectivity index (χ4n) is 3.22. The zero-order valence-corrected chi connectivity index (χ0v) is 18.3. The normalized spacial score (nSPS) is 11.3. The molecule has 0 bridgehead atoms. The van der Waals surface area contributed by atoms with Gasteiger partial charge < -0.3 is 0 Å². The molecule has 162 valence electrons. The summed E-state index contributed by atoms with van der Waals surface area (Å²) in [5.74, 6) is 0. The van der Waals surface area contributed by atoms with Gasteiger partial charge in [-0.25, -0.2) is 13.1 Å². The van der Waals surface area contributed by atoms with E-state index in [2.05, 4.69) is 9.82 Å². The van der Waals surface area contributed by atoms with Crippen LogP contribution >= 0.6 is 11.6 Å². The number of hydrogen-bond acceptors (Lipinski definition) is 5. The first-order valence-electron chi connectivity index (χ1n) is 9.44. The van der Waals surface area contributed by atoms with Gasteiger partial charge in [0.2, 0.25) is 0 Å². The third kappa shape index (κ3) is 4.20. The molecule has 1 N–H and O–H groups in total. The van der Waals surface area contributed by atoms with E-state index in [9.17, 15) is 18.5 Å². The largest absolute Gasteiger partial charge is 0.278 e. The van der Waals surface area contributed by atoms with Gasteiger partial charge in [0.05, 0.1) is 27.0 Å². The first kappa shape index (κ1) is 21.5. The highest BCUT2D eigenvalue weighted by atomic mass is 35.5. The molecule has 10 heteroatoms. The Hall–Kier alpha value is -3.69. The van der Waals surface area contributed by atoms with Gasteiger partial charge in [-0.15, -0.1) is 0 Å². The van der Waals surface area contributed by atoms with Crippen LogP contribution in [0.3, 0.4) is 0 Å². The first-order valence-corrected chi connectivity index (χ1v) is 11.3. The second-order valence-electron chi connectivity index (χ2n) is 6.94. The van der Waals surface area contributed by atoms with Crippen molar-refractivity contribution in [3.8, 4) is 16.9 Å². The van der Waals surface area contributed by atoms with Crippen LogP contribution in [0.2, 0.25) is 5.02 Å². The molecule has 0 saturated carbocycles. The average Bonchev–Trinajstić information content (AvgIpc) is 3.17. The van der Waals surface area contributed by atoms with Gasteiger partial charge in [-0.05, 0) is 31.2 Å². The Morgan fingerprint density at radius 3 is 2.38 bits per heavy atom. The van der Waals surface area contributed by atoms with E-state index in [1.807, 2.05) is 36.4 Å². The Labute approximate surface area is 189 Å². The van der Waals surface area contributed by atoms with Crippen molar-refractivity contribution < 1.29 is 13.3 Å². The Kier molecular flexibility index (Phi) is 5.68. The first-order chi connectivity index (χ1) is 15.3. The third-order valence-electron chi connectivity index (χ3n) is 4.75. The molecule has 0 radical (unpaired) electrons. The van der Waals surface area contributed by atoms with Crippen molar-refractivity contribution in [1.29, 1.82) is 0 Å². The summed E-state index contributed by atoms with van der Waals surface area (Å²) in [7, 11) is -4.24. The molecule has 0 aliphatic carbocycles. The van der Waals surface area contributed by atoms with Crippen LogP contribution in [0, 0.1) is 17.0 Å². The fraction of sp³-hybridized carbons (Fsp3) is 0.0455. The Balaban J connectivity index is 1.87. The molecule has 4 rings (SSSR count). The van der Waals surface area contributed by atoms with Crippen LogP contribution in [-0.4, -0.2) is 23.1 Å². The molecular weight excluding hydrogens is 452 g/mol. The van der Waals surface area contributed by atoms with Crippen LogP contribution < -0.4 is 4.72 Å². The number of rotatable bonds is 6. The predicted octanol–water partition coefficient (Wildman–Crippen LogP) is 5.21. The van der Waals surface area contributed by atoms with Gasteiger partial charge >= 0.3 is 0 Å². The number of nitrogens with zero attached hydrogens (tertiary/aromatic N) is 3. The van der Waals surface area contributed by atoms with Gasteiger partial charge in [-0.1, -0.05) is 54.1 Å². The number of benzene rings is 3. The lowest BCUT2D eigenvalue weighted by molar-refractivity contribution is -0.385. The Morgan fingerprint density at radius 2 is 1.69 bits per heavy atom. The highest BCUT2D eigenvalue weighted by Gasteiger charge is 2.25. The highest BCUT2D eigenvalue weighted by Crippen LogP contribution is 2.31. The van der Waals surface area contributed by atoms with Gasteiger partial charge in [0.25, 0.3) is 15.7 Å². The van der Waals surface area contributed by atoms with Crippen LogP contribution in [0.1, 0.15) is 5.69 Å². The maximum absolute atomic E-state index is 13.3. The number of nitrogens with one attached hydrogen (secondary N) is 1. The number of halogens is 1. The van der Waals surface area contributed by atoms with Crippen LogP contribution in [0.5, 0.6) is 0 Å². The second-order valence-corrected chi connectivity index (χ2v) is 9.00. The van der Waals surface area contributed by atoms with Gasteiger partial charge in [0.15, 0.2) is 0 Å². The Bertz CT molecular complexity index is 1420. The van der Waals surface area contributed by atoms with E-state index in [0.717, 1.165) is 11.6 Å². The zero-order chi connectivity index (χ0) is 22.9. The molecule has 1 heterocycles. The summed E-state index contributed by atoms with van der Waals surface area (Å²) >= 11 is 6.10. The lowest BCUT2D eigenvalue weighted by atomic mass is 10.1. The number of nitro groups is 1. The summed E-state index contributed by atoms with van der Waals surface area (Å²) in [5, 5.41) is 16.1. The van der Waals surface area contributed by atoms with Gasteiger partial charge in [0, 0.05) is 23.4 Å². The van der Waals surface area contributed by atoms with E-state index in [1.165, 1.54) is 28.9 Å². The van der Waals surface area contributed by atoms with E-state index < -0.39 is 14.9 Å². The summed E-state index contributed by atoms with van der Waals surface area (Å²) in [6, 6.07) is 21.2. The molecular formula is C22H17ClN4O4S. The van der Waals surface area contributed by atoms with Crippen LogP contribution in [-0.2, 0) is 10.0 Å². The lowest BCUT2D eigenvalue weighted by Crippen LogP contribution is -2.17. The molecule has 0 amide bonds. The van der Waals surface area contributed by atoms with E-state index >= 15 is 0 Å². The number of anilines is 1. The predicted molar refractivity (Wildman–Crippen MR) is 123 cm³/mol. The molecule has 0 saturated heterocycles. The topological polar surface area (TPSA) is 107 Å². The summed E-state index contributed by atoms with van der Waals surface area (Å²) in [5.41, 5.74) is 2.13. The van der Waals surface area contributed by atoms with E-state index in [-0.39, 0.29) is 27.0 Å². The number of sulfonamides is 1. The van der Waals surface area contributed by atoms with Gasteiger partial charge in [-0.3, -0.25) is 14.8 Å². The lowest BCUT2D eigenvalue weighted by Gasteiger charge is -2.14. The molecule has 32 heavy (non-hydrogen) atoms. The summed E-state index contributed by atoms with van der Waals surface area (Å²) in [6.45, 7) is 1.78. The minimum absolute atomic E-state index is 0.161. The Morgan fingerprint density at radius 1 is 1.00 bits per heavy atom.